The number of hydrogen-bond donors (Lipinski definition) is 1. The number of likely N-dealkylation sites (N-methyl/N-ethyl adjacent to an activating group) is 1. The minimum Gasteiger partial charge on any atom is -0.481 e. The van der Waals surface area contributed by atoms with Gasteiger partial charge in [-0.1, -0.05) is 20.8 Å². The van der Waals surface area contributed by atoms with Crippen molar-refractivity contribution >= 4 is 5.82 Å². The predicted octanol–water partition coefficient (Wildman–Crippen LogP) is 2.19. The molecule has 108 valence electrons. The Balaban J connectivity index is 2.58. The van der Waals surface area contributed by atoms with Crippen LogP contribution in [-0.2, 0) is 6.42 Å². The average molecular weight is 266 g/mol. The van der Waals surface area contributed by atoms with E-state index in [0.717, 1.165) is 50.7 Å². The number of anilines is 1. The van der Waals surface area contributed by atoms with E-state index in [9.17, 15) is 0 Å². The highest BCUT2D eigenvalue weighted by molar-refractivity contribution is 5.38. The number of nitrogens with one attached hydrogen (secondary N) is 1. The zero-order chi connectivity index (χ0) is 14.1. The van der Waals surface area contributed by atoms with E-state index in [1.54, 1.807) is 7.11 Å². The van der Waals surface area contributed by atoms with Crippen molar-refractivity contribution in [1.82, 2.24) is 14.9 Å². The molecule has 5 heteroatoms. The number of aryl methyl sites for hydroxylation is 1. The second-order valence-electron chi connectivity index (χ2n) is 4.42. The van der Waals surface area contributed by atoms with Crippen LogP contribution >= 0.6 is 0 Å². The van der Waals surface area contributed by atoms with Crippen LogP contribution in [0.25, 0.3) is 0 Å². The van der Waals surface area contributed by atoms with E-state index < -0.39 is 0 Å². The minimum atomic E-state index is 0.629. The second-order valence-corrected chi connectivity index (χ2v) is 4.42. The van der Waals surface area contributed by atoms with Gasteiger partial charge in [0.15, 0.2) is 0 Å². The van der Waals surface area contributed by atoms with Crippen LogP contribution in [0.5, 0.6) is 5.88 Å². The van der Waals surface area contributed by atoms with E-state index in [0.29, 0.717) is 5.88 Å². The third kappa shape index (κ3) is 5.42. The maximum atomic E-state index is 5.21. The molecule has 0 amide bonds. The van der Waals surface area contributed by atoms with Crippen molar-refractivity contribution in [3.05, 3.63) is 11.9 Å². The van der Waals surface area contributed by atoms with Gasteiger partial charge < -0.3 is 15.0 Å². The first-order chi connectivity index (χ1) is 9.23. The van der Waals surface area contributed by atoms with Gasteiger partial charge in [0.05, 0.1) is 7.11 Å². The van der Waals surface area contributed by atoms with E-state index in [1.165, 1.54) is 0 Å². The van der Waals surface area contributed by atoms with Crippen molar-refractivity contribution in [2.45, 2.75) is 33.6 Å². The number of ether oxygens (including phenoxy) is 1. The lowest BCUT2D eigenvalue weighted by Crippen LogP contribution is -2.28. The highest BCUT2D eigenvalue weighted by Gasteiger charge is 2.05. The molecular formula is C14H26N4O. The van der Waals surface area contributed by atoms with Gasteiger partial charge in [0.1, 0.15) is 11.6 Å². The molecule has 0 saturated carbocycles. The van der Waals surface area contributed by atoms with Gasteiger partial charge in [-0.05, 0) is 19.5 Å². The number of methoxy groups -OCH3 is 1. The summed E-state index contributed by atoms with van der Waals surface area (Å²) in [7, 11) is 1.64. The van der Waals surface area contributed by atoms with Crippen LogP contribution in [0.1, 0.15) is 33.0 Å². The second kappa shape index (κ2) is 8.69. The first-order valence-corrected chi connectivity index (χ1v) is 7.11. The summed E-state index contributed by atoms with van der Waals surface area (Å²) >= 11 is 0. The largest absolute Gasteiger partial charge is 0.481 e. The van der Waals surface area contributed by atoms with Crippen LogP contribution in [0, 0.1) is 0 Å². The Bertz CT molecular complexity index is 366. The zero-order valence-electron chi connectivity index (χ0n) is 12.6. The number of aromatic nitrogens is 2. The molecule has 19 heavy (non-hydrogen) atoms. The van der Waals surface area contributed by atoms with Gasteiger partial charge >= 0.3 is 0 Å². The zero-order valence-corrected chi connectivity index (χ0v) is 12.6. The van der Waals surface area contributed by atoms with Crippen molar-refractivity contribution in [3.63, 3.8) is 0 Å². The normalized spacial score (nSPS) is 10.8. The van der Waals surface area contributed by atoms with E-state index in [-0.39, 0.29) is 0 Å². The number of nitrogens with zero attached hydrogens (tertiary/aromatic N) is 3. The molecule has 0 bridgehead atoms. The topological polar surface area (TPSA) is 50.3 Å². The molecule has 5 nitrogen and oxygen atoms in total. The minimum absolute atomic E-state index is 0.629. The summed E-state index contributed by atoms with van der Waals surface area (Å²) in [6.45, 7) is 10.5. The molecule has 1 heterocycles. The monoisotopic (exact) mass is 266 g/mol. The fraction of sp³-hybridized carbons (Fsp3) is 0.714. The molecule has 0 aliphatic rings. The average Bonchev–Trinajstić information content (AvgIpc) is 2.43. The quantitative estimate of drug-likeness (QED) is 0.742. The van der Waals surface area contributed by atoms with Crippen molar-refractivity contribution in [3.8, 4) is 5.88 Å². The van der Waals surface area contributed by atoms with Gasteiger partial charge in [-0.2, -0.15) is 4.98 Å². The lowest BCUT2D eigenvalue weighted by molar-refractivity contribution is 0.316. The van der Waals surface area contributed by atoms with E-state index in [2.05, 4.69) is 41.0 Å². The molecule has 1 aromatic rings. The molecule has 0 spiro atoms. The summed E-state index contributed by atoms with van der Waals surface area (Å²) in [6, 6.07) is 1.85. The number of rotatable bonds is 9. The Kier molecular flexibility index (Phi) is 7.18. The Hall–Kier alpha value is -1.36. The maximum absolute atomic E-state index is 5.21. The Labute approximate surface area is 116 Å². The van der Waals surface area contributed by atoms with Crippen molar-refractivity contribution in [1.29, 1.82) is 0 Å². The maximum Gasteiger partial charge on any atom is 0.218 e. The molecule has 0 aliphatic heterocycles. The lowest BCUT2D eigenvalue weighted by Gasteiger charge is -2.18. The van der Waals surface area contributed by atoms with E-state index in [1.807, 2.05) is 6.07 Å². The SMILES string of the molecule is CCCc1nc(NCCN(CC)CC)cc(OC)n1. The molecule has 1 N–H and O–H groups in total. The summed E-state index contributed by atoms with van der Waals surface area (Å²) in [5, 5.41) is 3.34. The van der Waals surface area contributed by atoms with E-state index in [4.69, 9.17) is 4.74 Å². The standard InChI is InChI=1S/C14H26N4O/c1-5-8-12-16-13(11-14(17-12)19-4)15-9-10-18(6-2)7-3/h11H,5-10H2,1-4H3,(H,15,16,17). The molecule has 0 radical (unpaired) electrons. The molecule has 1 aromatic heterocycles. The summed E-state index contributed by atoms with van der Waals surface area (Å²) in [6.07, 6.45) is 1.91. The molecule has 1 rings (SSSR count). The Morgan fingerprint density at radius 3 is 2.53 bits per heavy atom. The molecule has 0 fully saturated rings. The van der Waals surface area contributed by atoms with Crippen LogP contribution < -0.4 is 10.1 Å². The van der Waals surface area contributed by atoms with Gasteiger partial charge in [0, 0.05) is 25.6 Å². The smallest absolute Gasteiger partial charge is 0.218 e. The van der Waals surface area contributed by atoms with Crippen LogP contribution in [0.3, 0.4) is 0 Å². The van der Waals surface area contributed by atoms with Crippen molar-refractivity contribution in [2.75, 3.05) is 38.6 Å². The molecule has 0 aromatic carbocycles. The first kappa shape index (κ1) is 15.7. The summed E-state index contributed by atoms with van der Waals surface area (Å²) in [5.74, 6) is 2.32. The van der Waals surface area contributed by atoms with E-state index >= 15 is 0 Å². The Morgan fingerprint density at radius 1 is 1.21 bits per heavy atom. The van der Waals surface area contributed by atoms with Crippen molar-refractivity contribution in [2.24, 2.45) is 0 Å². The molecule has 0 atom stereocenters. The van der Waals surface area contributed by atoms with Crippen LogP contribution in [0.15, 0.2) is 6.07 Å². The molecular weight excluding hydrogens is 240 g/mol. The van der Waals surface area contributed by atoms with Gasteiger partial charge in [0.2, 0.25) is 5.88 Å². The Morgan fingerprint density at radius 2 is 1.95 bits per heavy atom. The third-order valence-corrected chi connectivity index (χ3v) is 3.06. The van der Waals surface area contributed by atoms with Crippen LogP contribution in [-0.4, -0.2) is 48.2 Å². The predicted molar refractivity (Wildman–Crippen MR) is 78.9 cm³/mol. The van der Waals surface area contributed by atoms with Crippen molar-refractivity contribution < 1.29 is 4.74 Å². The first-order valence-electron chi connectivity index (χ1n) is 7.11. The number of hydrogen-bond acceptors (Lipinski definition) is 5. The molecule has 0 aliphatic carbocycles. The highest BCUT2D eigenvalue weighted by Crippen LogP contribution is 2.13. The molecule has 0 saturated heterocycles. The van der Waals surface area contributed by atoms with Gasteiger partial charge in [-0.3, -0.25) is 0 Å². The lowest BCUT2D eigenvalue weighted by atomic mass is 10.3. The summed E-state index contributed by atoms with van der Waals surface area (Å²) < 4.78 is 5.21. The van der Waals surface area contributed by atoms with Gasteiger partial charge in [-0.15, -0.1) is 0 Å². The van der Waals surface area contributed by atoms with Crippen LogP contribution in [0.4, 0.5) is 5.82 Å². The third-order valence-electron chi connectivity index (χ3n) is 3.06. The highest BCUT2D eigenvalue weighted by atomic mass is 16.5. The fourth-order valence-corrected chi connectivity index (χ4v) is 1.89. The fourth-order valence-electron chi connectivity index (χ4n) is 1.89. The van der Waals surface area contributed by atoms with Crippen LogP contribution in [0.2, 0.25) is 0 Å². The van der Waals surface area contributed by atoms with Gasteiger partial charge in [-0.25, -0.2) is 4.98 Å². The summed E-state index contributed by atoms with van der Waals surface area (Å²) in [4.78, 5) is 11.2. The molecule has 0 unspecified atom stereocenters. The van der Waals surface area contributed by atoms with Gasteiger partial charge in [0.25, 0.3) is 0 Å². The summed E-state index contributed by atoms with van der Waals surface area (Å²) in [5.41, 5.74) is 0.